The minimum atomic E-state index is -1.54. The molecule has 4 aromatic rings. The van der Waals surface area contributed by atoms with Gasteiger partial charge in [0.2, 0.25) is 6.10 Å². The quantitative estimate of drug-likeness (QED) is 0.132. The summed E-state index contributed by atoms with van der Waals surface area (Å²) in [5, 5.41) is 103. The molecule has 0 heterocycles. The number of fused-ring (bicyclic) bond motifs is 6. The Hall–Kier alpha value is -9.31. The fourth-order valence-electron chi connectivity index (χ4n) is 5.79. The van der Waals surface area contributed by atoms with E-state index in [0.717, 1.165) is 31.2 Å². The number of non-ortho nitro benzene ring substituents is 4. The summed E-state index contributed by atoms with van der Waals surface area (Å²) in [6.07, 6.45) is -1.54. The van der Waals surface area contributed by atoms with E-state index in [-0.39, 0.29) is 11.1 Å². The molecule has 1 N–H and O–H groups in total. The molecule has 0 amide bonds. The lowest BCUT2D eigenvalue weighted by molar-refractivity contribution is -0.395. The number of rotatable bonds is 11. The third-order valence-electron chi connectivity index (χ3n) is 8.19. The number of aliphatic carboxylic acids is 1. The van der Waals surface area contributed by atoms with Crippen molar-refractivity contribution in [3.05, 3.63) is 152 Å². The second-order valence-corrected chi connectivity index (χ2v) is 11.5. The molecule has 4 aromatic carbocycles. The molecule has 58 heavy (non-hydrogen) atoms. The lowest BCUT2D eigenvalue weighted by Gasteiger charge is -2.06. The van der Waals surface area contributed by atoms with E-state index in [1.807, 2.05) is 0 Å². The molecule has 0 saturated carbocycles. The number of carboxylic acid groups (broad SMARTS) is 1. The number of nitro groups is 8. The average molecular weight is 807 g/mol. The van der Waals surface area contributed by atoms with Crippen LogP contribution >= 0.6 is 0 Å². The van der Waals surface area contributed by atoms with Gasteiger partial charge in [-0.2, -0.15) is 0 Å². The number of carboxylic acids is 1. The first-order valence-corrected chi connectivity index (χ1v) is 15.0. The average Bonchev–Trinajstić information content (AvgIpc) is 3.62. The highest BCUT2D eigenvalue weighted by Crippen LogP contribution is 2.51. The monoisotopic (exact) mass is 807 g/mol. The Kier molecular flexibility index (Phi) is 9.97. The van der Waals surface area contributed by atoms with E-state index in [1.165, 1.54) is 0 Å². The van der Waals surface area contributed by atoms with Gasteiger partial charge in [0.05, 0.1) is 85.9 Å². The molecule has 6 rings (SSSR count). The normalized spacial score (nSPS) is 12.0. The minimum Gasteiger partial charge on any atom is -0.478 e. The van der Waals surface area contributed by atoms with E-state index in [2.05, 4.69) is 5.16 Å². The number of benzene rings is 4. The molecule has 0 radical (unpaired) electrons. The SMILES string of the molecule is CC(ON=C1c2cc([N+](=O)[O-])cc([N+](=O)[O-])c2-c2c1cc([N+](=O)[O-])cc2[N+](=O)[O-])C(=O)O.O=C1c2cc([N+](=O)[O-])cc([N+](=O)[O-])c2-c2c1cc([N+](=O)[O-])cc2[N+](=O)[O-]. The third kappa shape index (κ3) is 6.80. The standard InChI is InChI=1S/C16H9N5O11.C13H4N4O9/c1-6(16(22)23)32-17-15-9-2-7(18(24)25)4-11(20(28)29)13(9)14-10(15)3-8(19(26)27)5-12(14)21(30)31;18-13-7-1-5(14(19)20)3-9(16(23)24)11(7)12-8(13)2-6(15(21)22)4-10(12)17(25)26/h2-6H,1H3,(H,22,23);1-4H. The van der Waals surface area contributed by atoms with Gasteiger partial charge in [-0.25, -0.2) is 4.79 Å². The van der Waals surface area contributed by atoms with Crippen LogP contribution < -0.4 is 0 Å². The van der Waals surface area contributed by atoms with Crippen molar-refractivity contribution in [2.75, 3.05) is 0 Å². The number of carbonyl (C=O) groups excluding carboxylic acids is 1. The number of hydrogen-bond donors (Lipinski definition) is 1. The van der Waals surface area contributed by atoms with Gasteiger partial charge in [0.15, 0.2) is 5.78 Å². The molecule has 0 saturated heterocycles. The second-order valence-electron chi connectivity index (χ2n) is 11.5. The van der Waals surface area contributed by atoms with Crippen LogP contribution in [-0.4, -0.2) is 68.1 Å². The van der Waals surface area contributed by atoms with Gasteiger partial charge in [0.25, 0.3) is 45.5 Å². The van der Waals surface area contributed by atoms with Gasteiger partial charge in [-0.1, -0.05) is 5.16 Å². The molecule has 29 nitrogen and oxygen atoms in total. The summed E-state index contributed by atoms with van der Waals surface area (Å²) in [6.45, 7) is 1.08. The topological polar surface area (TPSA) is 421 Å². The maximum Gasteiger partial charge on any atom is 0.347 e. The largest absolute Gasteiger partial charge is 0.478 e. The zero-order valence-electron chi connectivity index (χ0n) is 27.9. The summed E-state index contributed by atoms with van der Waals surface area (Å²) in [7, 11) is 0. The minimum absolute atomic E-state index is 0.359. The van der Waals surface area contributed by atoms with Crippen molar-refractivity contribution in [1.29, 1.82) is 0 Å². The molecule has 0 aliphatic heterocycles. The Balaban J connectivity index is 0.000000226. The second kappa shape index (κ2) is 14.5. The van der Waals surface area contributed by atoms with Gasteiger partial charge in [-0.15, -0.1) is 0 Å². The number of carbonyl (C=O) groups is 2. The zero-order valence-corrected chi connectivity index (χ0v) is 27.9. The summed E-state index contributed by atoms with van der Waals surface area (Å²) in [4.78, 5) is 111. The van der Waals surface area contributed by atoms with Crippen molar-refractivity contribution in [3.8, 4) is 22.3 Å². The van der Waals surface area contributed by atoms with Gasteiger partial charge in [-0.05, 0) is 6.92 Å². The smallest absolute Gasteiger partial charge is 0.347 e. The summed E-state index contributed by atoms with van der Waals surface area (Å²) in [5.74, 6) is -2.46. The van der Waals surface area contributed by atoms with E-state index >= 15 is 0 Å². The summed E-state index contributed by atoms with van der Waals surface area (Å²) in [5.41, 5.74) is -10.6. The van der Waals surface area contributed by atoms with Crippen LogP contribution in [0.1, 0.15) is 34.0 Å². The van der Waals surface area contributed by atoms with E-state index in [4.69, 9.17) is 9.94 Å². The molecule has 2 aliphatic carbocycles. The fourth-order valence-corrected chi connectivity index (χ4v) is 5.79. The van der Waals surface area contributed by atoms with Crippen molar-refractivity contribution in [3.63, 3.8) is 0 Å². The van der Waals surface area contributed by atoms with Gasteiger partial charge in [0.1, 0.15) is 5.71 Å². The molecule has 294 valence electrons. The van der Waals surface area contributed by atoms with Crippen molar-refractivity contribution < 1.29 is 58.9 Å². The first kappa shape index (κ1) is 39.9. The van der Waals surface area contributed by atoms with Gasteiger partial charge < -0.3 is 9.94 Å². The van der Waals surface area contributed by atoms with E-state index in [0.29, 0.717) is 24.3 Å². The Morgan fingerprint density at radius 3 is 1.00 bits per heavy atom. The highest BCUT2D eigenvalue weighted by atomic mass is 16.7. The van der Waals surface area contributed by atoms with Crippen LogP contribution in [0, 0.1) is 80.9 Å². The van der Waals surface area contributed by atoms with Crippen LogP contribution in [0.25, 0.3) is 22.3 Å². The molecular formula is C29H13N9O20. The van der Waals surface area contributed by atoms with Crippen molar-refractivity contribution in [2.24, 2.45) is 5.16 Å². The molecule has 29 heteroatoms. The van der Waals surface area contributed by atoms with Crippen LogP contribution in [-0.2, 0) is 9.63 Å². The van der Waals surface area contributed by atoms with E-state index in [9.17, 15) is 90.5 Å². The fraction of sp³-hybridized carbons (Fsp3) is 0.0690. The van der Waals surface area contributed by atoms with Crippen molar-refractivity contribution >= 4 is 63.0 Å². The summed E-state index contributed by atoms with van der Waals surface area (Å²) in [6, 6.07) is 5.46. The lowest BCUT2D eigenvalue weighted by atomic mass is 10.0. The lowest BCUT2D eigenvalue weighted by Crippen LogP contribution is -2.18. The number of nitro benzene ring substituents is 8. The number of ketones is 1. The summed E-state index contributed by atoms with van der Waals surface area (Å²) < 4.78 is 0. The highest BCUT2D eigenvalue weighted by Gasteiger charge is 2.43. The Morgan fingerprint density at radius 2 is 0.759 bits per heavy atom. The molecule has 0 bridgehead atoms. The van der Waals surface area contributed by atoms with Crippen molar-refractivity contribution in [2.45, 2.75) is 13.0 Å². The van der Waals surface area contributed by atoms with E-state index in [1.54, 1.807) is 0 Å². The van der Waals surface area contributed by atoms with E-state index < -0.39 is 142 Å². The Bertz CT molecular complexity index is 2540. The van der Waals surface area contributed by atoms with Gasteiger partial charge >= 0.3 is 5.97 Å². The Labute approximate surface area is 314 Å². The summed E-state index contributed by atoms with van der Waals surface area (Å²) >= 11 is 0. The molecular weight excluding hydrogens is 794 g/mol. The molecule has 1 atom stereocenters. The molecule has 0 fully saturated rings. The van der Waals surface area contributed by atoms with Crippen LogP contribution in [0.15, 0.2) is 53.7 Å². The first-order valence-electron chi connectivity index (χ1n) is 15.0. The van der Waals surface area contributed by atoms with Crippen LogP contribution in [0.2, 0.25) is 0 Å². The zero-order chi connectivity index (χ0) is 43.2. The Morgan fingerprint density at radius 1 is 0.500 bits per heavy atom. The maximum atomic E-state index is 12.5. The molecule has 0 spiro atoms. The van der Waals surface area contributed by atoms with Gasteiger partial charge in [0, 0.05) is 46.5 Å². The number of nitrogens with zero attached hydrogens (tertiary/aromatic N) is 9. The van der Waals surface area contributed by atoms with Crippen LogP contribution in [0.5, 0.6) is 0 Å². The van der Waals surface area contributed by atoms with Crippen LogP contribution in [0.4, 0.5) is 45.5 Å². The molecule has 1 unspecified atom stereocenters. The predicted octanol–water partition coefficient (Wildman–Crippen LogP) is 5.07. The molecule has 2 aliphatic rings. The number of oxime groups is 1. The van der Waals surface area contributed by atoms with Crippen LogP contribution in [0.3, 0.4) is 0 Å². The van der Waals surface area contributed by atoms with Crippen molar-refractivity contribution in [1.82, 2.24) is 0 Å². The highest BCUT2D eigenvalue weighted by molar-refractivity contribution is 6.28. The number of hydrogen-bond acceptors (Lipinski definition) is 20. The maximum absolute atomic E-state index is 12.5. The third-order valence-corrected chi connectivity index (χ3v) is 8.19. The first-order chi connectivity index (χ1) is 27.1. The van der Waals surface area contributed by atoms with Gasteiger partial charge in [-0.3, -0.25) is 85.7 Å². The molecule has 0 aromatic heterocycles. The predicted molar refractivity (Wildman–Crippen MR) is 184 cm³/mol.